The number of allylic oxidation sites excluding steroid dienone is 1. The molecule has 48 valence electrons. The Hall–Kier alpha value is 0.470. The van der Waals surface area contributed by atoms with Gasteiger partial charge in [0.15, 0.2) is 0 Å². The van der Waals surface area contributed by atoms with Gasteiger partial charge in [-0.15, -0.1) is 0 Å². The molecule has 0 aliphatic heterocycles. The van der Waals surface area contributed by atoms with Crippen molar-refractivity contribution in [2.45, 2.75) is 5.63 Å². The molecule has 0 aliphatic carbocycles. The van der Waals surface area contributed by atoms with E-state index in [1.807, 2.05) is 0 Å². The van der Waals surface area contributed by atoms with E-state index in [0.717, 1.165) is 0 Å². The lowest BCUT2D eigenvalue weighted by Gasteiger charge is -1.92. The van der Waals surface area contributed by atoms with Crippen LogP contribution in [-0.2, 0) is 0 Å². The van der Waals surface area contributed by atoms with Gasteiger partial charge in [-0.1, -0.05) is 23.2 Å². The van der Waals surface area contributed by atoms with Gasteiger partial charge < -0.3 is 0 Å². The Bertz CT molecular complexity index is 105. The van der Waals surface area contributed by atoms with Gasteiger partial charge in [0.1, 0.15) is 5.03 Å². The van der Waals surface area contributed by atoms with Crippen LogP contribution in [0.25, 0.3) is 0 Å². The third kappa shape index (κ3) is 2.70. The molecule has 5 heteroatoms. The van der Waals surface area contributed by atoms with Gasteiger partial charge in [0.05, 0.1) is 0 Å². The Morgan fingerprint density at radius 3 is 1.75 bits per heavy atom. The van der Waals surface area contributed by atoms with Crippen LogP contribution in [-0.4, -0.2) is 5.63 Å². The number of halogens is 5. The van der Waals surface area contributed by atoms with Gasteiger partial charge in [0.25, 0.3) is 0 Å². The van der Waals surface area contributed by atoms with Gasteiger partial charge in [0.2, 0.25) is 10.9 Å². The fraction of sp³-hybridized carbons (Fsp3) is 0.333. The molecule has 1 unspecified atom stereocenters. The maximum atomic E-state index is 11.6. The van der Waals surface area contributed by atoms with Gasteiger partial charge in [-0.2, -0.15) is 4.39 Å². The zero-order chi connectivity index (χ0) is 6.73. The second-order valence-corrected chi connectivity index (χ2v) is 2.03. The molecule has 0 bridgehead atoms. The molecule has 0 heterocycles. The minimum absolute atomic E-state index is 0.812. The van der Waals surface area contributed by atoms with Crippen LogP contribution in [0.5, 0.6) is 0 Å². The summed E-state index contributed by atoms with van der Waals surface area (Å²) >= 11 is 14.0. The minimum Gasteiger partial charge on any atom is -0.223 e. The molecule has 0 rings (SSSR count). The van der Waals surface area contributed by atoms with E-state index in [9.17, 15) is 8.78 Å². The maximum Gasteiger partial charge on any atom is 0.212 e. The van der Waals surface area contributed by atoms with E-state index in [2.05, 4.69) is 23.2 Å². The highest BCUT2D eigenvalue weighted by molar-refractivity contribution is 6.42. The van der Waals surface area contributed by atoms with Crippen molar-refractivity contribution in [3.63, 3.8) is 0 Å². The summed E-state index contributed by atoms with van der Waals surface area (Å²) in [5.74, 6) is 0. The Kier molecular flexibility index (Phi) is 3.69. The number of hydrogen-bond acceptors (Lipinski definition) is 0. The van der Waals surface area contributed by atoms with Crippen LogP contribution < -0.4 is 0 Å². The lowest BCUT2D eigenvalue weighted by molar-refractivity contribution is 0.497. The zero-order valence-corrected chi connectivity index (χ0v) is 5.73. The van der Waals surface area contributed by atoms with Crippen molar-refractivity contribution in [3.05, 3.63) is 10.3 Å². The average molecular weight is 181 g/mol. The molecular weight excluding hydrogens is 180 g/mol. The quantitative estimate of drug-likeness (QED) is 0.545. The molecule has 0 aromatic rings. The first-order chi connectivity index (χ1) is 3.55. The largest absolute Gasteiger partial charge is 0.223 e. The summed E-state index contributed by atoms with van der Waals surface area (Å²) in [6.07, 6.45) is 0. The first kappa shape index (κ1) is 8.47. The molecule has 0 spiro atoms. The summed E-state index contributed by atoms with van der Waals surface area (Å²) in [4.78, 5) is 0. The van der Waals surface area contributed by atoms with Crippen molar-refractivity contribution < 1.29 is 8.78 Å². The molecule has 0 fully saturated rings. The van der Waals surface area contributed by atoms with E-state index in [0.29, 0.717) is 0 Å². The van der Waals surface area contributed by atoms with Crippen LogP contribution >= 0.6 is 34.8 Å². The first-order valence-corrected chi connectivity index (χ1v) is 2.73. The molecule has 0 aliphatic rings. The van der Waals surface area contributed by atoms with Crippen molar-refractivity contribution in [1.82, 2.24) is 0 Å². The predicted molar refractivity (Wildman–Crippen MR) is 30.6 cm³/mol. The Morgan fingerprint density at radius 1 is 1.38 bits per heavy atom. The number of rotatable bonds is 1. The molecule has 8 heavy (non-hydrogen) atoms. The molecule has 0 nitrogen and oxygen atoms in total. The predicted octanol–water partition coefficient (Wildman–Crippen LogP) is 3.14. The standard InChI is InChI=1S/C3HCl3F2/c4-1(2(5)7)3(6)8/h2H. The average Bonchev–Trinajstić information content (AvgIpc) is 1.64. The normalized spacial score (nSPS) is 17.6. The minimum atomic E-state index is -2.05. The topological polar surface area (TPSA) is 0 Å². The molecule has 0 aromatic carbocycles. The maximum absolute atomic E-state index is 11.6. The van der Waals surface area contributed by atoms with E-state index >= 15 is 0 Å². The highest BCUT2D eigenvalue weighted by atomic mass is 35.5. The van der Waals surface area contributed by atoms with E-state index in [4.69, 9.17) is 11.6 Å². The summed E-state index contributed by atoms with van der Waals surface area (Å²) in [5, 5.41) is -2.12. The molecule has 0 saturated heterocycles. The van der Waals surface area contributed by atoms with Crippen LogP contribution in [0.3, 0.4) is 0 Å². The van der Waals surface area contributed by atoms with Crippen molar-refractivity contribution in [1.29, 1.82) is 0 Å². The van der Waals surface area contributed by atoms with Crippen molar-refractivity contribution in [2.75, 3.05) is 0 Å². The van der Waals surface area contributed by atoms with Crippen molar-refractivity contribution in [3.8, 4) is 0 Å². The van der Waals surface area contributed by atoms with Crippen LogP contribution in [0.1, 0.15) is 0 Å². The van der Waals surface area contributed by atoms with E-state index in [1.54, 1.807) is 0 Å². The van der Waals surface area contributed by atoms with Crippen LogP contribution in [0, 0.1) is 0 Å². The fourth-order valence-corrected chi connectivity index (χ4v) is 0.330. The van der Waals surface area contributed by atoms with Crippen molar-refractivity contribution in [2.24, 2.45) is 0 Å². The molecule has 0 aromatic heterocycles. The van der Waals surface area contributed by atoms with Gasteiger partial charge >= 0.3 is 0 Å². The second-order valence-electron chi connectivity index (χ2n) is 0.909. The number of alkyl halides is 2. The van der Waals surface area contributed by atoms with Gasteiger partial charge in [-0.05, 0) is 11.6 Å². The molecule has 0 N–H and O–H groups in total. The summed E-state index contributed by atoms with van der Waals surface area (Å²) in [6.45, 7) is 0. The monoisotopic (exact) mass is 180 g/mol. The van der Waals surface area contributed by atoms with Gasteiger partial charge in [-0.3, -0.25) is 0 Å². The Morgan fingerprint density at radius 2 is 1.75 bits per heavy atom. The van der Waals surface area contributed by atoms with Gasteiger partial charge in [0, 0.05) is 0 Å². The van der Waals surface area contributed by atoms with E-state index in [-0.39, 0.29) is 0 Å². The molecule has 0 amide bonds. The number of hydrogen-bond donors (Lipinski definition) is 0. The lowest BCUT2D eigenvalue weighted by atomic mass is 10.7. The first-order valence-electron chi connectivity index (χ1n) is 1.54. The highest BCUT2D eigenvalue weighted by Crippen LogP contribution is 2.22. The van der Waals surface area contributed by atoms with Crippen LogP contribution in [0.2, 0.25) is 0 Å². The lowest BCUT2D eigenvalue weighted by Crippen LogP contribution is -1.86. The summed E-state index contributed by atoms with van der Waals surface area (Å²) in [7, 11) is 0. The summed E-state index contributed by atoms with van der Waals surface area (Å²) in [6, 6.07) is 0. The van der Waals surface area contributed by atoms with E-state index in [1.165, 1.54) is 0 Å². The molecule has 0 saturated carbocycles. The third-order valence-electron chi connectivity index (χ3n) is 0.372. The van der Waals surface area contributed by atoms with E-state index < -0.39 is 15.9 Å². The molecular formula is C3HCl3F2. The van der Waals surface area contributed by atoms with Gasteiger partial charge in [-0.25, -0.2) is 4.39 Å². The second kappa shape index (κ2) is 3.49. The molecule has 1 atom stereocenters. The Balaban J connectivity index is 4.00. The summed E-state index contributed by atoms with van der Waals surface area (Å²) < 4.78 is 23.1. The third-order valence-corrected chi connectivity index (χ3v) is 1.36. The highest BCUT2D eigenvalue weighted by Gasteiger charge is 2.10. The smallest absolute Gasteiger partial charge is 0.212 e. The zero-order valence-electron chi connectivity index (χ0n) is 3.47. The SMILES string of the molecule is FC(Cl)=C(Cl)C(F)Cl. The fourth-order valence-electron chi connectivity index (χ4n) is 0.0825. The Labute approximate surface area is 60.0 Å². The van der Waals surface area contributed by atoms with Crippen LogP contribution in [0.15, 0.2) is 10.3 Å². The van der Waals surface area contributed by atoms with Crippen LogP contribution in [0.4, 0.5) is 8.78 Å². The van der Waals surface area contributed by atoms with Crippen molar-refractivity contribution >= 4 is 34.8 Å². The summed E-state index contributed by atoms with van der Waals surface area (Å²) in [5.41, 5.74) is -2.05. The molecule has 0 radical (unpaired) electrons.